The van der Waals surface area contributed by atoms with Crippen LogP contribution in [-0.4, -0.2) is 4.98 Å². The molecule has 1 aromatic heterocycles. The van der Waals surface area contributed by atoms with Gasteiger partial charge in [-0.2, -0.15) is 0 Å². The molecule has 3 rings (SSSR count). The summed E-state index contributed by atoms with van der Waals surface area (Å²) in [6.07, 6.45) is 4.97. The molecule has 1 unspecified atom stereocenters. The Bertz CT molecular complexity index is 580. The van der Waals surface area contributed by atoms with Crippen molar-refractivity contribution in [2.24, 2.45) is 0 Å². The molecule has 0 aliphatic heterocycles. The van der Waals surface area contributed by atoms with Gasteiger partial charge in [0.25, 0.3) is 0 Å². The number of pyridine rings is 1. The maximum atomic E-state index is 13.3. The predicted molar refractivity (Wildman–Crippen MR) is 74.9 cm³/mol. The van der Waals surface area contributed by atoms with Crippen LogP contribution in [0, 0.1) is 5.82 Å². The number of halogens is 2. The summed E-state index contributed by atoms with van der Waals surface area (Å²) < 4.78 is 13.3. The Morgan fingerprint density at radius 1 is 1.32 bits per heavy atom. The van der Waals surface area contributed by atoms with Crippen LogP contribution in [0.15, 0.2) is 36.5 Å². The van der Waals surface area contributed by atoms with Gasteiger partial charge in [-0.25, -0.2) is 4.39 Å². The Morgan fingerprint density at radius 2 is 2.21 bits per heavy atom. The lowest BCUT2D eigenvalue weighted by Gasteiger charge is -2.26. The number of rotatable bonds is 2. The molecule has 1 heterocycles. The zero-order valence-electron chi connectivity index (χ0n) is 10.4. The molecule has 0 radical (unpaired) electrons. The van der Waals surface area contributed by atoms with E-state index in [1.165, 1.54) is 17.7 Å². The SMILES string of the molecule is Fc1cc(Cl)cc(NC2CCCc3cccnc32)c1. The van der Waals surface area contributed by atoms with Crippen LogP contribution in [0.25, 0.3) is 0 Å². The normalized spacial score (nSPS) is 17.9. The molecule has 0 saturated heterocycles. The topological polar surface area (TPSA) is 24.9 Å². The van der Waals surface area contributed by atoms with Gasteiger partial charge in [-0.15, -0.1) is 0 Å². The number of hydrogen-bond acceptors (Lipinski definition) is 2. The van der Waals surface area contributed by atoms with Crippen LogP contribution in [-0.2, 0) is 6.42 Å². The molecule has 0 amide bonds. The summed E-state index contributed by atoms with van der Waals surface area (Å²) in [5.41, 5.74) is 3.04. The molecule has 1 N–H and O–H groups in total. The first-order valence-electron chi connectivity index (χ1n) is 6.39. The van der Waals surface area contributed by atoms with Gasteiger partial charge in [0.15, 0.2) is 0 Å². The van der Waals surface area contributed by atoms with E-state index in [1.54, 1.807) is 12.3 Å². The van der Waals surface area contributed by atoms with E-state index in [2.05, 4.69) is 16.4 Å². The van der Waals surface area contributed by atoms with Gasteiger partial charge in [-0.1, -0.05) is 17.7 Å². The van der Waals surface area contributed by atoms with E-state index < -0.39 is 0 Å². The quantitative estimate of drug-likeness (QED) is 0.881. The largest absolute Gasteiger partial charge is 0.377 e. The lowest BCUT2D eigenvalue weighted by atomic mass is 9.92. The Labute approximate surface area is 116 Å². The molecular formula is C15H14ClFN2. The molecule has 0 bridgehead atoms. The van der Waals surface area contributed by atoms with Gasteiger partial charge in [-0.05, 0) is 49.1 Å². The number of aromatic nitrogens is 1. The molecule has 1 aliphatic carbocycles. The number of hydrogen-bond donors (Lipinski definition) is 1. The summed E-state index contributed by atoms with van der Waals surface area (Å²) in [7, 11) is 0. The highest BCUT2D eigenvalue weighted by atomic mass is 35.5. The molecule has 19 heavy (non-hydrogen) atoms. The summed E-state index contributed by atoms with van der Waals surface area (Å²) in [5.74, 6) is -0.327. The first-order valence-corrected chi connectivity index (χ1v) is 6.76. The fraction of sp³-hybridized carbons (Fsp3) is 0.267. The van der Waals surface area contributed by atoms with Crippen LogP contribution in [0.4, 0.5) is 10.1 Å². The van der Waals surface area contributed by atoms with Crippen LogP contribution >= 0.6 is 11.6 Å². The summed E-state index contributed by atoms with van der Waals surface area (Å²) in [4.78, 5) is 4.45. The van der Waals surface area contributed by atoms with Crippen molar-refractivity contribution in [1.82, 2.24) is 4.98 Å². The number of aryl methyl sites for hydroxylation is 1. The fourth-order valence-corrected chi connectivity index (χ4v) is 2.81. The standard InChI is InChI=1S/C15H14ClFN2/c16-11-7-12(17)9-13(8-11)19-14-5-1-3-10-4-2-6-18-15(10)14/h2,4,6-9,14,19H,1,3,5H2. The van der Waals surface area contributed by atoms with Gasteiger partial charge in [0.2, 0.25) is 0 Å². The molecule has 0 spiro atoms. The molecule has 4 heteroatoms. The first kappa shape index (κ1) is 12.4. The zero-order valence-corrected chi connectivity index (χ0v) is 11.1. The van der Waals surface area contributed by atoms with Gasteiger partial charge in [0.05, 0.1) is 11.7 Å². The molecular weight excluding hydrogens is 263 g/mol. The molecule has 1 aliphatic rings. The van der Waals surface area contributed by atoms with E-state index in [4.69, 9.17) is 11.6 Å². The average molecular weight is 277 g/mol. The van der Waals surface area contributed by atoms with Gasteiger partial charge in [-0.3, -0.25) is 4.98 Å². The molecule has 0 saturated carbocycles. The van der Waals surface area contributed by atoms with Crippen molar-refractivity contribution in [2.75, 3.05) is 5.32 Å². The van der Waals surface area contributed by atoms with Crippen LogP contribution < -0.4 is 5.32 Å². The summed E-state index contributed by atoms with van der Waals surface area (Å²) >= 11 is 5.87. The van der Waals surface area contributed by atoms with Crippen molar-refractivity contribution in [3.05, 3.63) is 58.6 Å². The van der Waals surface area contributed by atoms with E-state index in [1.807, 2.05) is 6.07 Å². The van der Waals surface area contributed by atoms with E-state index in [-0.39, 0.29) is 11.9 Å². The molecule has 98 valence electrons. The van der Waals surface area contributed by atoms with E-state index in [0.717, 1.165) is 25.0 Å². The Balaban J connectivity index is 1.88. The molecule has 2 aromatic rings. The molecule has 2 nitrogen and oxygen atoms in total. The number of anilines is 1. The molecule has 1 atom stereocenters. The Kier molecular flexibility index (Phi) is 3.38. The lowest BCUT2D eigenvalue weighted by Crippen LogP contribution is -2.18. The molecule has 0 fully saturated rings. The average Bonchev–Trinajstić information content (AvgIpc) is 2.38. The van der Waals surface area contributed by atoms with E-state index >= 15 is 0 Å². The minimum Gasteiger partial charge on any atom is -0.377 e. The monoisotopic (exact) mass is 276 g/mol. The van der Waals surface area contributed by atoms with Crippen molar-refractivity contribution in [2.45, 2.75) is 25.3 Å². The zero-order chi connectivity index (χ0) is 13.2. The van der Waals surface area contributed by atoms with Gasteiger partial charge >= 0.3 is 0 Å². The van der Waals surface area contributed by atoms with Crippen molar-refractivity contribution >= 4 is 17.3 Å². The summed E-state index contributed by atoms with van der Waals surface area (Å²) in [6.45, 7) is 0. The second kappa shape index (κ2) is 5.17. The van der Waals surface area contributed by atoms with E-state index in [0.29, 0.717) is 10.7 Å². The molecule has 1 aromatic carbocycles. The van der Waals surface area contributed by atoms with Crippen molar-refractivity contribution in [1.29, 1.82) is 0 Å². The van der Waals surface area contributed by atoms with Crippen LogP contribution in [0.2, 0.25) is 5.02 Å². The third-order valence-corrected chi connectivity index (χ3v) is 3.62. The number of nitrogens with one attached hydrogen (secondary N) is 1. The highest BCUT2D eigenvalue weighted by Crippen LogP contribution is 2.31. The second-order valence-electron chi connectivity index (χ2n) is 4.80. The number of benzene rings is 1. The van der Waals surface area contributed by atoms with Crippen molar-refractivity contribution < 1.29 is 4.39 Å². The first-order chi connectivity index (χ1) is 9.22. The van der Waals surface area contributed by atoms with Crippen molar-refractivity contribution in [3.63, 3.8) is 0 Å². The number of nitrogens with zero attached hydrogens (tertiary/aromatic N) is 1. The smallest absolute Gasteiger partial charge is 0.126 e. The fourth-order valence-electron chi connectivity index (χ4n) is 2.59. The van der Waals surface area contributed by atoms with Crippen LogP contribution in [0.5, 0.6) is 0 Å². The summed E-state index contributed by atoms with van der Waals surface area (Å²) in [6, 6.07) is 8.70. The Morgan fingerprint density at radius 3 is 3.05 bits per heavy atom. The van der Waals surface area contributed by atoms with Gasteiger partial charge in [0, 0.05) is 16.9 Å². The lowest BCUT2D eigenvalue weighted by molar-refractivity contribution is 0.582. The highest BCUT2D eigenvalue weighted by molar-refractivity contribution is 6.30. The van der Waals surface area contributed by atoms with Crippen LogP contribution in [0.3, 0.4) is 0 Å². The van der Waals surface area contributed by atoms with Crippen molar-refractivity contribution in [3.8, 4) is 0 Å². The van der Waals surface area contributed by atoms with Gasteiger partial charge in [0.1, 0.15) is 5.82 Å². The third kappa shape index (κ3) is 2.71. The Hall–Kier alpha value is -1.61. The predicted octanol–water partition coefficient (Wildman–Crippen LogP) is 4.36. The summed E-state index contributed by atoms with van der Waals surface area (Å²) in [5, 5.41) is 3.73. The van der Waals surface area contributed by atoms with Gasteiger partial charge < -0.3 is 5.32 Å². The van der Waals surface area contributed by atoms with E-state index in [9.17, 15) is 4.39 Å². The number of fused-ring (bicyclic) bond motifs is 1. The third-order valence-electron chi connectivity index (χ3n) is 3.40. The minimum atomic E-state index is -0.327. The second-order valence-corrected chi connectivity index (χ2v) is 5.23. The van der Waals surface area contributed by atoms with Crippen LogP contribution in [0.1, 0.15) is 30.1 Å². The highest BCUT2D eigenvalue weighted by Gasteiger charge is 2.21. The minimum absolute atomic E-state index is 0.128. The maximum absolute atomic E-state index is 13.3. The maximum Gasteiger partial charge on any atom is 0.126 e.